The number of ether oxygens (including phenoxy) is 7. The van der Waals surface area contributed by atoms with Gasteiger partial charge in [-0.1, -0.05) is 52.5 Å². The molecule has 1 unspecified atom stereocenters. The summed E-state index contributed by atoms with van der Waals surface area (Å²) in [4.78, 5) is 38.4. The lowest BCUT2D eigenvalue weighted by atomic mass is 9.74. The van der Waals surface area contributed by atoms with E-state index in [1.54, 1.807) is 26.0 Å². The Balaban J connectivity index is 1.99. The molecule has 2 saturated heterocycles. The number of rotatable bonds is 9. The van der Waals surface area contributed by atoms with E-state index in [0.717, 1.165) is 25.7 Å². The van der Waals surface area contributed by atoms with Crippen LogP contribution in [0.25, 0.3) is 0 Å². The molecule has 13 nitrogen and oxygen atoms in total. The highest BCUT2D eigenvalue weighted by Gasteiger charge is 2.57. The van der Waals surface area contributed by atoms with Crippen molar-refractivity contribution in [3.63, 3.8) is 0 Å². The maximum atomic E-state index is 13.2. The van der Waals surface area contributed by atoms with E-state index >= 15 is 0 Å². The van der Waals surface area contributed by atoms with Gasteiger partial charge in [-0.15, -0.1) is 0 Å². The van der Waals surface area contributed by atoms with Crippen molar-refractivity contribution in [2.45, 2.75) is 140 Å². The smallest absolute Gasteiger partial charge is 0.330 e. The summed E-state index contributed by atoms with van der Waals surface area (Å²) in [7, 11) is 1.21. The Hall–Kier alpha value is -2.39. The molecule has 274 valence electrons. The maximum Gasteiger partial charge on any atom is 0.330 e. The van der Waals surface area contributed by atoms with Crippen molar-refractivity contribution in [1.29, 1.82) is 0 Å². The first-order chi connectivity index (χ1) is 22.9. The van der Waals surface area contributed by atoms with Crippen molar-refractivity contribution in [3.05, 3.63) is 23.8 Å². The Morgan fingerprint density at radius 2 is 1.77 bits per heavy atom. The number of carbonyl (C=O) groups is 3. The SMILES string of the molecule is CCCCCCCC(=O)O[C@H]1/C(=C/C(=O)OC)C[C@H]2CC(CO)OC(=O)C[C@H](O)CCOCC[C@@H]3CCO[C@H](/C=C/C(C)(C)[C@]1(O)O2)O3. The molecule has 3 heterocycles. The lowest BCUT2D eigenvalue weighted by Gasteiger charge is -2.51. The van der Waals surface area contributed by atoms with Crippen LogP contribution >= 0.6 is 0 Å². The van der Waals surface area contributed by atoms with Crippen molar-refractivity contribution < 1.29 is 62.9 Å². The number of unbranched alkanes of at least 4 members (excludes halogenated alkanes) is 4. The summed E-state index contributed by atoms with van der Waals surface area (Å²) < 4.78 is 40.3. The number of fused-ring (bicyclic) bond motifs is 4. The lowest BCUT2D eigenvalue weighted by molar-refractivity contribution is -0.327. The maximum absolute atomic E-state index is 13.2. The first kappa shape index (κ1) is 40.0. The molecule has 2 fully saturated rings. The van der Waals surface area contributed by atoms with Gasteiger partial charge in [0.05, 0.1) is 45.1 Å². The zero-order valence-electron chi connectivity index (χ0n) is 28.9. The summed E-state index contributed by atoms with van der Waals surface area (Å²) in [6.45, 7) is 6.00. The molecule has 3 rings (SSSR count). The first-order valence-corrected chi connectivity index (χ1v) is 17.3. The van der Waals surface area contributed by atoms with Gasteiger partial charge in [-0.3, -0.25) is 9.59 Å². The molecule has 7 atom stereocenters. The number of aliphatic hydroxyl groups excluding tert-OH is 2. The van der Waals surface area contributed by atoms with Gasteiger partial charge in [0.1, 0.15) is 6.10 Å². The van der Waals surface area contributed by atoms with Crippen LogP contribution < -0.4 is 0 Å². The largest absolute Gasteiger partial charge is 0.466 e. The van der Waals surface area contributed by atoms with E-state index in [4.69, 9.17) is 33.2 Å². The summed E-state index contributed by atoms with van der Waals surface area (Å²) >= 11 is 0. The van der Waals surface area contributed by atoms with Crippen LogP contribution in [-0.2, 0) is 47.5 Å². The van der Waals surface area contributed by atoms with Gasteiger partial charge in [-0.2, -0.15) is 0 Å². The van der Waals surface area contributed by atoms with E-state index in [-0.39, 0.29) is 50.4 Å². The van der Waals surface area contributed by atoms with Gasteiger partial charge in [0, 0.05) is 37.5 Å². The fourth-order valence-electron chi connectivity index (χ4n) is 6.05. The molecule has 0 spiro atoms. The summed E-state index contributed by atoms with van der Waals surface area (Å²) in [5.41, 5.74) is -1.04. The molecular formula is C35H56O13. The molecule has 0 aromatic rings. The van der Waals surface area contributed by atoms with Gasteiger partial charge < -0.3 is 48.5 Å². The molecule has 4 bridgehead atoms. The summed E-state index contributed by atoms with van der Waals surface area (Å²) in [6, 6.07) is 0. The van der Waals surface area contributed by atoms with Crippen LogP contribution in [0.5, 0.6) is 0 Å². The third-order valence-electron chi connectivity index (χ3n) is 8.99. The second-order valence-electron chi connectivity index (χ2n) is 13.4. The topological polar surface area (TPSA) is 177 Å². The highest BCUT2D eigenvalue weighted by molar-refractivity contribution is 5.83. The average Bonchev–Trinajstić information content (AvgIpc) is 3.04. The second kappa shape index (κ2) is 19.7. The fraction of sp³-hybridized carbons (Fsp3) is 0.800. The monoisotopic (exact) mass is 684 g/mol. The number of esters is 3. The van der Waals surface area contributed by atoms with Crippen molar-refractivity contribution in [1.82, 2.24) is 0 Å². The van der Waals surface area contributed by atoms with Crippen LogP contribution in [0.3, 0.4) is 0 Å². The van der Waals surface area contributed by atoms with E-state index in [1.807, 2.05) is 0 Å². The molecular weight excluding hydrogens is 628 g/mol. The molecule has 13 heteroatoms. The highest BCUT2D eigenvalue weighted by Crippen LogP contribution is 2.46. The minimum atomic E-state index is -2.24. The number of hydrogen-bond acceptors (Lipinski definition) is 13. The van der Waals surface area contributed by atoms with Gasteiger partial charge >= 0.3 is 17.9 Å². The van der Waals surface area contributed by atoms with Crippen LogP contribution in [0.2, 0.25) is 0 Å². The van der Waals surface area contributed by atoms with Gasteiger partial charge in [-0.25, -0.2) is 4.79 Å². The Morgan fingerprint density at radius 1 is 1.04 bits per heavy atom. The minimum absolute atomic E-state index is 0.00378. The standard InChI is InChI=1S/C35H56O13/c1-5-6-7-8-9-10-29(38)47-33-24(20-30(39)42-4)19-27-22-28(23-36)45-31(40)21-25(37)12-16-43-17-13-26-14-18-44-32(46-26)11-15-34(2,3)35(33,41)48-27/h11,15,20,25-28,32-33,36-37,41H,5-10,12-14,16-19,21-23H2,1-4H3/b15-11+,24-20+/t25-,26-,27+,28?,32+,33+,35-/m1/s1. The Morgan fingerprint density at radius 3 is 2.50 bits per heavy atom. The van der Waals surface area contributed by atoms with E-state index < -0.39 is 66.4 Å². The number of hydrogen-bond donors (Lipinski definition) is 3. The average molecular weight is 685 g/mol. The molecule has 3 aliphatic heterocycles. The van der Waals surface area contributed by atoms with Crippen molar-refractivity contribution in [2.75, 3.05) is 33.5 Å². The Labute approximate surface area is 283 Å². The molecule has 0 aromatic heterocycles. The van der Waals surface area contributed by atoms with Crippen LogP contribution in [0.15, 0.2) is 23.8 Å². The van der Waals surface area contributed by atoms with Crippen molar-refractivity contribution >= 4 is 17.9 Å². The number of carbonyl (C=O) groups excluding carboxylic acids is 3. The number of aliphatic hydroxyl groups is 3. The molecule has 0 aliphatic carbocycles. The quantitative estimate of drug-likeness (QED) is 0.106. The van der Waals surface area contributed by atoms with Gasteiger partial charge in [0.15, 0.2) is 12.4 Å². The Kier molecular flexibility index (Phi) is 16.4. The minimum Gasteiger partial charge on any atom is -0.466 e. The van der Waals surface area contributed by atoms with E-state index in [2.05, 4.69) is 6.92 Å². The lowest BCUT2D eigenvalue weighted by Crippen LogP contribution is -2.62. The van der Waals surface area contributed by atoms with Crippen LogP contribution in [0.1, 0.15) is 97.8 Å². The zero-order valence-corrected chi connectivity index (χ0v) is 28.9. The van der Waals surface area contributed by atoms with Crippen LogP contribution in [0, 0.1) is 5.41 Å². The van der Waals surface area contributed by atoms with Gasteiger partial charge in [0.2, 0.25) is 5.79 Å². The number of methoxy groups -OCH3 is 1. The van der Waals surface area contributed by atoms with Gasteiger partial charge in [-0.05, 0) is 43.8 Å². The van der Waals surface area contributed by atoms with Gasteiger partial charge in [0.25, 0.3) is 0 Å². The van der Waals surface area contributed by atoms with Crippen molar-refractivity contribution in [3.8, 4) is 0 Å². The predicted octanol–water partition coefficient (Wildman–Crippen LogP) is 3.41. The molecule has 0 amide bonds. The fourth-order valence-corrected chi connectivity index (χ4v) is 6.05. The predicted molar refractivity (Wildman–Crippen MR) is 172 cm³/mol. The molecule has 0 saturated carbocycles. The van der Waals surface area contributed by atoms with E-state index in [9.17, 15) is 29.7 Å². The molecule has 3 N–H and O–H groups in total. The first-order valence-electron chi connectivity index (χ1n) is 17.3. The third-order valence-corrected chi connectivity index (χ3v) is 8.99. The van der Waals surface area contributed by atoms with Crippen LogP contribution in [0.4, 0.5) is 0 Å². The summed E-state index contributed by atoms with van der Waals surface area (Å²) in [5.74, 6) is -4.24. The molecule has 48 heavy (non-hydrogen) atoms. The summed E-state index contributed by atoms with van der Waals surface area (Å²) in [6.07, 6.45) is 5.02. The molecule has 0 aromatic carbocycles. The molecule has 3 aliphatic rings. The third kappa shape index (κ3) is 12.2. The second-order valence-corrected chi connectivity index (χ2v) is 13.4. The zero-order chi connectivity index (χ0) is 35.2. The van der Waals surface area contributed by atoms with E-state index in [0.29, 0.717) is 32.5 Å². The highest BCUT2D eigenvalue weighted by atomic mass is 16.7. The molecule has 0 radical (unpaired) electrons. The number of cyclic esters (lactones) is 1. The summed E-state index contributed by atoms with van der Waals surface area (Å²) in [5, 5.41) is 33.0. The Bertz CT molecular complexity index is 1090. The normalized spacial score (nSPS) is 33.6. The van der Waals surface area contributed by atoms with Crippen LogP contribution in [-0.4, -0.2) is 109 Å². The van der Waals surface area contributed by atoms with Crippen molar-refractivity contribution in [2.24, 2.45) is 5.41 Å². The van der Waals surface area contributed by atoms with E-state index in [1.165, 1.54) is 13.2 Å².